The number of hydrogen-bond donors (Lipinski definition) is 2. The third kappa shape index (κ3) is 79.0. The summed E-state index contributed by atoms with van der Waals surface area (Å²) in [7, 11) is -4.41. The Bertz CT molecular complexity index is 2030. The van der Waals surface area contributed by atoms with E-state index >= 15 is 0 Å². The van der Waals surface area contributed by atoms with Gasteiger partial charge in [-0.1, -0.05) is 366 Å². The summed E-state index contributed by atoms with van der Waals surface area (Å²) in [5.41, 5.74) is 5.41. The van der Waals surface area contributed by atoms with Crippen molar-refractivity contribution in [3.8, 4) is 0 Å². The lowest BCUT2D eigenvalue weighted by Gasteiger charge is -2.19. The van der Waals surface area contributed by atoms with Crippen molar-refractivity contribution in [2.45, 2.75) is 367 Å². The van der Waals surface area contributed by atoms with Crippen molar-refractivity contribution in [3.63, 3.8) is 0 Å². The number of phosphoric ester groups is 1. The molecule has 0 amide bonds. The summed E-state index contributed by atoms with van der Waals surface area (Å²) in [6, 6.07) is 0. The summed E-state index contributed by atoms with van der Waals surface area (Å²) < 4.78 is 33.2. The number of rotatable bonds is 74. The van der Waals surface area contributed by atoms with Gasteiger partial charge >= 0.3 is 19.8 Å². The van der Waals surface area contributed by atoms with Crippen LogP contribution >= 0.6 is 7.82 Å². The number of allylic oxidation sites excluding steroid dienone is 22. The average Bonchev–Trinajstić information content (AvgIpc) is 3.32. The topological polar surface area (TPSA) is 134 Å². The van der Waals surface area contributed by atoms with E-state index < -0.39 is 26.5 Å². The summed E-state index contributed by atoms with van der Waals surface area (Å²) in [5, 5.41) is 0. The molecule has 0 aliphatic heterocycles. The molecule has 3 N–H and O–H groups in total. The van der Waals surface area contributed by atoms with Crippen LogP contribution in [0, 0.1) is 0 Å². The molecule has 0 saturated heterocycles. The van der Waals surface area contributed by atoms with E-state index in [1.807, 2.05) is 0 Å². The maximum Gasteiger partial charge on any atom is 0.472 e. The Morgan fingerprint density at radius 1 is 0.326 bits per heavy atom. The molecule has 0 saturated carbocycles. The predicted molar refractivity (Wildman–Crippen MR) is 413 cm³/mol. The van der Waals surface area contributed by atoms with Gasteiger partial charge in [0.1, 0.15) is 6.61 Å². The van der Waals surface area contributed by atoms with Crippen LogP contribution < -0.4 is 5.73 Å². The predicted octanol–water partition coefficient (Wildman–Crippen LogP) is 26.8. The number of phosphoric acid groups is 1. The second-order valence-electron chi connectivity index (χ2n) is 26.2. The molecule has 0 rings (SSSR count). The van der Waals surface area contributed by atoms with Gasteiger partial charge in [0.25, 0.3) is 0 Å². The summed E-state index contributed by atoms with van der Waals surface area (Å²) in [6.07, 6.45) is 113. The standard InChI is InChI=1S/C85H148NO8P/c1-3-5-7-9-11-13-15-17-19-21-23-25-27-29-31-33-35-37-39-40-41-42-44-45-47-49-51-53-55-57-59-61-63-65-67-69-71-73-75-77-84(87)91-81-83(82-93-95(89,90)92-80-79-86)94-85(88)78-76-74-72-70-68-66-64-62-60-58-56-54-52-50-48-46-43-38-36-34-32-30-28-26-24-22-20-18-16-14-12-10-8-6-4-2/h6,8,12,14,18,20-21,23-24,26,30,32,36,38,46,48,52,54,58,60,64,66,83H,3-5,7,9-11,13,15-17,19,22,25,27-29,31,33-35,37,39-45,47,49-51,53,55-57,59,61-63,65,67-82,86H2,1-2H3,(H,89,90)/b8-6-,14-12-,20-18-,23-21-,26-24-,32-30-,38-36-,48-46-,54-52-,60-58-,66-64-. The van der Waals surface area contributed by atoms with Crippen LogP contribution in [0.3, 0.4) is 0 Å². The third-order valence-electron chi connectivity index (χ3n) is 17.0. The molecule has 546 valence electrons. The zero-order chi connectivity index (χ0) is 68.6. The van der Waals surface area contributed by atoms with Crippen LogP contribution in [0.4, 0.5) is 0 Å². The van der Waals surface area contributed by atoms with Crippen LogP contribution in [0.2, 0.25) is 0 Å². The Kier molecular flexibility index (Phi) is 75.9. The van der Waals surface area contributed by atoms with E-state index in [-0.39, 0.29) is 38.6 Å². The van der Waals surface area contributed by atoms with E-state index in [2.05, 4.69) is 148 Å². The van der Waals surface area contributed by atoms with Crippen LogP contribution in [-0.4, -0.2) is 49.3 Å². The van der Waals surface area contributed by atoms with Crippen molar-refractivity contribution in [1.82, 2.24) is 0 Å². The molecule has 0 aromatic heterocycles. The van der Waals surface area contributed by atoms with Crippen molar-refractivity contribution in [3.05, 3.63) is 134 Å². The van der Waals surface area contributed by atoms with E-state index in [1.165, 1.54) is 218 Å². The Balaban J connectivity index is 3.88. The van der Waals surface area contributed by atoms with Crippen molar-refractivity contribution in [1.29, 1.82) is 0 Å². The smallest absolute Gasteiger partial charge is 0.462 e. The Morgan fingerprint density at radius 3 is 0.874 bits per heavy atom. The van der Waals surface area contributed by atoms with Gasteiger partial charge in [0.15, 0.2) is 6.10 Å². The molecular weight excluding hydrogens is 1190 g/mol. The molecule has 95 heavy (non-hydrogen) atoms. The molecule has 0 radical (unpaired) electrons. The van der Waals surface area contributed by atoms with Gasteiger partial charge < -0.3 is 20.1 Å². The molecular formula is C85H148NO8P. The van der Waals surface area contributed by atoms with Crippen LogP contribution in [0.1, 0.15) is 361 Å². The van der Waals surface area contributed by atoms with Gasteiger partial charge in [-0.3, -0.25) is 18.6 Å². The van der Waals surface area contributed by atoms with Gasteiger partial charge in [0.2, 0.25) is 0 Å². The largest absolute Gasteiger partial charge is 0.472 e. The number of unbranched alkanes of at least 4 members (excludes halogenated alkanes) is 39. The minimum absolute atomic E-state index is 0.0437. The highest BCUT2D eigenvalue weighted by Crippen LogP contribution is 2.43. The summed E-state index contributed by atoms with van der Waals surface area (Å²) in [4.78, 5) is 35.4. The van der Waals surface area contributed by atoms with Crippen LogP contribution in [-0.2, 0) is 32.7 Å². The highest BCUT2D eigenvalue weighted by molar-refractivity contribution is 7.47. The van der Waals surface area contributed by atoms with Crippen molar-refractivity contribution in [2.24, 2.45) is 5.73 Å². The second kappa shape index (κ2) is 79.1. The van der Waals surface area contributed by atoms with Gasteiger partial charge in [-0.05, 0) is 116 Å². The van der Waals surface area contributed by atoms with Gasteiger partial charge in [-0.2, -0.15) is 0 Å². The zero-order valence-electron chi connectivity index (χ0n) is 61.6. The fraction of sp³-hybridized carbons (Fsp3) is 0.718. The molecule has 2 unspecified atom stereocenters. The van der Waals surface area contributed by atoms with E-state index in [0.29, 0.717) is 6.42 Å². The molecule has 0 aromatic carbocycles. The normalized spacial score (nSPS) is 13.6. The highest BCUT2D eigenvalue weighted by Gasteiger charge is 2.26. The van der Waals surface area contributed by atoms with Gasteiger partial charge in [0, 0.05) is 19.4 Å². The maximum absolute atomic E-state index is 12.8. The Hall–Kier alpha value is -3.85. The van der Waals surface area contributed by atoms with E-state index in [9.17, 15) is 19.0 Å². The third-order valence-corrected chi connectivity index (χ3v) is 18.0. The van der Waals surface area contributed by atoms with Crippen LogP contribution in [0.15, 0.2) is 134 Å². The quantitative estimate of drug-likeness (QED) is 0.0264. The Morgan fingerprint density at radius 2 is 0.579 bits per heavy atom. The number of esters is 2. The number of hydrogen-bond acceptors (Lipinski definition) is 8. The minimum atomic E-state index is -4.41. The van der Waals surface area contributed by atoms with Crippen molar-refractivity contribution >= 4 is 19.8 Å². The second-order valence-corrected chi connectivity index (χ2v) is 27.7. The molecule has 0 bridgehead atoms. The minimum Gasteiger partial charge on any atom is -0.462 e. The van der Waals surface area contributed by atoms with Crippen molar-refractivity contribution < 1.29 is 37.6 Å². The first-order valence-electron chi connectivity index (χ1n) is 39.7. The highest BCUT2D eigenvalue weighted by atomic mass is 31.2. The number of carbonyl (C=O) groups excluding carboxylic acids is 2. The first-order chi connectivity index (χ1) is 46.8. The first-order valence-corrected chi connectivity index (χ1v) is 41.2. The number of ether oxygens (including phenoxy) is 2. The van der Waals surface area contributed by atoms with Crippen LogP contribution in [0.25, 0.3) is 0 Å². The monoisotopic (exact) mass is 1340 g/mol. The number of carbonyl (C=O) groups is 2. The summed E-state index contributed by atoms with van der Waals surface area (Å²) in [6.45, 7) is 3.63. The fourth-order valence-electron chi connectivity index (χ4n) is 11.2. The number of nitrogens with two attached hydrogens (primary N) is 1. The molecule has 0 heterocycles. The molecule has 10 heteroatoms. The average molecular weight is 1340 g/mol. The van der Waals surface area contributed by atoms with E-state index in [1.54, 1.807) is 0 Å². The summed E-state index contributed by atoms with van der Waals surface area (Å²) in [5.74, 6) is -0.852. The molecule has 0 aromatic rings. The van der Waals surface area contributed by atoms with E-state index in [4.69, 9.17) is 24.3 Å². The molecule has 0 aliphatic carbocycles. The fourth-order valence-corrected chi connectivity index (χ4v) is 12.0. The zero-order valence-corrected chi connectivity index (χ0v) is 62.5. The van der Waals surface area contributed by atoms with Gasteiger partial charge in [0.05, 0.1) is 13.2 Å². The summed E-state index contributed by atoms with van der Waals surface area (Å²) >= 11 is 0. The molecule has 0 aliphatic rings. The van der Waals surface area contributed by atoms with Gasteiger partial charge in [-0.15, -0.1) is 0 Å². The molecule has 9 nitrogen and oxygen atoms in total. The maximum atomic E-state index is 12.8. The lowest BCUT2D eigenvalue weighted by atomic mass is 10.0. The SMILES string of the molecule is CC/C=C\C/C=C\C/C=C\C/C=C\C/C=C\C/C=C\C/C=C\C/C=C\C/C=C\C/C=C\CCCCCCC(=O)OC(COC(=O)CCCCCCCCCCCCCCCCCCCCCCCCCCCCC/C=C\CCCCCCCCCC)COP(=O)(O)OCCN. The lowest BCUT2D eigenvalue weighted by Crippen LogP contribution is -2.29. The molecule has 2 atom stereocenters. The lowest BCUT2D eigenvalue weighted by molar-refractivity contribution is -0.161. The Labute approximate surface area is 586 Å². The molecule has 0 spiro atoms. The first kappa shape index (κ1) is 91.2. The van der Waals surface area contributed by atoms with Crippen LogP contribution in [0.5, 0.6) is 0 Å². The molecule has 0 fully saturated rings. The van der Waals surface area contributed by atoms with Gasteiger partial charge in [-0.25, -0.2) is 4.57 Å². The van der Waals surface area contributed by atoms with E-state index in [0.717, 1.165) is 109 Å². The van der Waals surface area contributed by atoms with Crippen molar-refractivity contribution in [2.75, 3.05) is 26.4 Å².